The van der Waals surface area contributed by atoms with Crippen molar-refractivity contribution in [3.8, 4) is 5.75 Å². The second kappa shape index (κ2) is 9.12. The molecule has 1 aliphatic heterocycles. The van der Waals surface area contributed by atoms with E-state index in [1.54, 1.807) is 0 Å². The molecule has 3 aromatic rings. The molecule has 6 heteroatoms. The van der Waals surface area contributed by atoms with Crippen molar-refractivity contribution in [2.75, 3.05) is 38.2 Å². The molecule has 1 amide bonds. The summed E-state index contributed by atoms with van der Waals surface area (Å²) in [6.45, 7) is 4.27. The van der Waals surface area contributed by atoms with Crippen LogP contribution in [-0.4, -0.2) is 43.7 Å². The van der Waals surface area contributed by atoms with Gasteiger partial charge in [-0.25, -0.2) is 0 Å². The maximum atomic E-state index is 12.5. The van der Waals surface area contributed by atoms with Crippen LogP contribution in [0.1, 0.15) is 29.7 Å². The fourth-order valence-corrected chi connectivity index (χ4v) is 4.44. The highest BCUT2D eigenvalue weighted by molar-refractivity contribution is 5.92. The zero-order valence-electron chi connectivity index (χ0n) is 17.7. The van der Waals surface area contributed by atoms with E-state index in [0.717, 1.165) is 68.1 Å². The number of benzene rings is 2. The van der Waals surface area contributed by atoms with E-state index >= 15 is 0 Å². The SMILES string of the molecule is O=C(COc1ccc2oc3c(c2c1)CCCC3)Nc1cccc(CN2CCOCC2)c1. The number of nitrogens with one attached hydrogen (secondary N) is 1. The quantitative estimate of drug-likeness (QED) is 0.649. The molecule has 0 saturated carbocycles. The van der Waals surface area contributed by atoms with Crippen LogP contribution in [0.25, 0.3) is 11.0 Å². The van der Waals surface area contributed by atoms with E-state index in [0.29, 0.717) is 5.75 Å². The fourth-order valence-electron chi connectivity index (χ4n) is 4.44. The van der Waals surface area contributed by atoms with Gasteiger partial charge in [-0.3, -0.25) is 9.69 Å². The lowest BCUT2D eigenvalue weighted by molar-refractivity contribution is -0.118. The molecule has 2 heterocycles. The number of carbonyl (C=O) groups is 1. The van der Waals surface area contributed by atoms with Gasteiger partial charge in [0, 0.05) is 42.7 Å². The number of ether oxygens (including phenoxy) is 2. The van der Waals surface area contributed by atoms with Gasteiger partial charge in [0.25, 0.3) is 5.91 Å². The third kappa shape index (κ3) is 4.75. The van der Waals surface area contributed by atoms with Crippen molar-refractivity contribution in [2.45, 2.75) is 32.2 Å². The molecule has 1 aliphatic carbocycles. The summed E-state index contributed by atoms with van der Waals surface area (Å²) in [6, 6.07) is 13.8. The average Bonchev–Trinajstić information content (AvgIpc) is 3.17. The first-order chi connectivity index (χ1) is 15.2. The molecule has 0 atom stereocenters. The smallest absolute Gasteiger partial charge is 0.262 e. The predicted octanol–water partition coefficient (Wildman–Crippen LogP) is 4.16. The number of aryl methyl sites for hydroxylation is 2. The van der Waals surface area contributed by atoms with Crippen LogP contribution >= 0.6 is 0 Å². The Morgan fingerprint density at radius 3 is 2.84 bits per heavy atom. The molecule has 1 saturated heterocycles. The van der Waals surface area contributed by atoms with Gasteiger partial charge in [-0.2, -0.15) is 0 Å². The molecule has 1 fully saturated rings. The molecular formula is C25H28N2O4. The van der Waals surface area contributed by atoms with Gasteiger partial charge >= 0.3 is 0 Å². The lowest BCUT2D eigenvalue weighted by Crippen LogP contribution is -2.35. The van der Waals surface area contributed by atoms with Gasteiger partial charge in [-0.05, 0) is 55.2 Å². The van der Waals surface area contributed by atoms with Gasteiger partial charge in [0.15, 0.2) is 6.61 Å². The van der Waals surface area contributed by atoms with Crippen LogP contribution in [0.15, 0.2) is 46.9 Å². The largest absolute Gasteiger partial charge is 0.484 e. The summed E-state index contributed by atoms with van der Waals surface area (Å²) in [7, 11) is 0. The summed E-state index contributed by atoms with van der Waals surface area (Å²) < 4.78 is 17.2. The topological polar surface area (TPSA) is 63.9 Å². The van der Waals surface area contributed by atoms with Crippen molar-refractivity contribution in [3.63, 3.8) is 0 Å². The number of nitrogens with zero attached hydrogens (tertiary/aromatic N) is 1. The Morgan fingerprint density at radius 2 is 1.94 bits per heavy atom. The summed E-state index contributed by atoms with van der Waals surface area (Å²) in [4.78, 5) is 14.8. The van der Waals surface area contributed by atoms with Crippen molar-refractivity contribution in [3.05, 3.63) is 59.4 Å². The van der Waals surface area contributed by atoms with Crippen LogP contribution in [0.5, 0.6) is 5.75 Å². The molecule has 0 unspecified atom stereocenters. The molecule has 2 aromatic carbocycles. The Kier molecular flexibility index (Phi) is 5.91. The lowest BCUT2D eigenvalue weighted by Gasteiger charge is -2.26. The number of hydrogen-bond donors (Lipinski definition) is 1. The molecule has 5 rings (SSSR count). The normalized spacial score (nSPS) is 16.8. The van der Waals surface area contributed by atoms with Crippen molar-refractivity contribution < 1.29 is 18.7 Å². The molecule has 2 aliphatic rings. The van der Waals surface area contributed by atoms with Crippen LogP contribution in [0, 0.1) is 0 Å². The predicted molar refractivity (Wildman–Crippen MR) is 120 cm³/mol. The number of fused-ring (bicyclic) bond motifs is 3. The van der Waals surface area contributed by atoms with Crippen molar-refractivity contribution in [2.24, 2.45) is 0 Å². The minimum atomic E-state index is -0.169. The zero-order valence-corrected chi connectivity index (χ0v) is 17.7. The van der Waals surface area contributed by atoms with Gasteiger partial charge < -0.3 is 19.2 Å². The van der Waals surface area contributed by atoms with Crippen molar-refractivity contribution >= 4 is 22.6 Å². The zero-order chi connectivity index (χ0) is 21.0. The fraction of sp³-hybridized carbons (Fsp3) is 0.400. The van der Waals surface area contributed by atoms with E-state index in [2.05, 4.69) is 16.3 Å². The minimum absolute atomic E-state index is 0.0285. The first-order valence-electron chi connectivity index (χ1n) is 11.1. The van der Waals surface area contributed by atoms with Crippen LogP contribution in [0.3, 0.4) is 0 Å². The van der Waals surface area contributed by atoms with Crippen molar-refractivity contribution in [1.82, 2.24) is 4.90 Å². The Bertz CT molecular complexity index is 1070. The van der Waals surface area contributed by atoms with Crippen LogP contribution in [-0.2, 0) is 28.9 Å². The van der Waals surface area contributed by atoms with Crippen LogP contribution in [0.2, 0.25) is 0 Å². The van der Waals surface area contributed by atoms with Gasteiger partial charge in [-0.1, -0.05) is 12.1 Å². The van der Waals surface area contributed by atoms with E-state index in [1.807, 2.05) is 36.4 Å². The molecule has 162 valence electrons. The van der Waals surface area contributed by atoms with Gasteiger partial charge in [0.1, 0.15) is 17.1 Å². The highest BCUT2D eigenvalue weighted by atomic mass is 16.5. The number of carbonyl (C=O) groups excluding carboxylic acids is 1. The maximum absolute atomic E-state index is 12.5. The first kappa shape index (κ1) is 20.1. The highest BCUT2D eigenvalue weighted by Crippen LogP contribution is 2.33. The summed E-state index contributed by atoms with van der Waals surface area (Å²) >= 11 is 0. The summed E-state index contributed by atoms with van der Waals surface area (Å²) in [6.07, 6.45) is 4.43. The molecule has 31 heavy (non-hydrogen) atoms. The third-order valence-electron chi connectivity index (χ3n) is 6.02. The summed E-state index contributed by atoms with van der Waals surface area (Å²) in [5.74, 6) is 1.63. The molecule has 1 N–H and O–H groups in total. The van der Waals surface area contributed by atoms with E-state index in [4.69, 9.17) is 13.9 Å². The molecular weight excluding hydrogens is 392 g/mol. The van der Waals surface area contributed by atoms with E-state index in [1.165, 1.54) is 24.0 Å². The monoisotopic (exact) mass is 420 g/mol. The minimum Gasteiger partial charge on any atom is -0.484 e. The molecule has 0 bridgehead atoms. The number of amides is 1. The average molecular weight is 421 g/mol. The number of rotatable bonds is 6. The second-order valence-corrected chi connectivity index (χ2v) is 8.29. The second-order valence-electron chi connectivity index (χ2n) is 8.29. The maximum Gasteiger partial charge on any atom is 0.262 e. The summed E-state index contributed by atoms with van der Waals surface area (Å²) in [5, 5.41) is 4.06. The van der Waals surface area contributed by atoms with Gasteiger partial charge in [0.2, 0.25) is 0 Å². The van der Waals surface area contributed by atoms with E-state index < -0.39 is 0 Å². The summed E-state index contributed by atoms with van der Waals surface area (Å²) in [5.41, 5.74) is 4.17. The molecule has 0 radical (unpaired) electrons. The van der Waals surface area contributed by atoms with Crippen LogP contribution in [0.4, 0.5) is 5.69 Å². The van der Waals surface area contributed by atoms with E-state index in [-0.39, 0.29) is 12.5 Å². The van der Waals surface area contributed by atoms with Gasteiger partial charge in [0.05, 0.1) is 13.2 Å². The molecule has 0 spiro atoms. The third-order valence-corrected chi connectivity index (χ3v) is 6.02. The van der Waals surface area contributed by atoms with Crippen LogP contribution < -0.4 is 10.1 Å². The standard InChI is InChI=1S/C25H28N2O4/c28-25(26-19-5-3-4-18(14-19)16-27-10-12-29-13-11-27)17-30-20-8-9-24-22(15-20)21-6-1-2-7-23(21)31-24/h3-5,8-9,14-15H,1-2,6-7,10-13,16-17H2,(H,26,28). The van der Waals surface area contributed by atoms with E-state index in [9.17, 15) is 4.79 Å². The molecule has 6 nitrogen and oxygen atoms in total. The van der Waals surface area contributed by atoms with Gasteiger partial charge in [-0.15, -0.1) is 0 Å². The highest BCUT2D eigenvalue weighted by Gasteiger charge is 2.18. The lowest BCUT2D eigenvalue weighted by atomic mass is 9.96. The number of hydrogen-bond acceptors (Lipinski definition) is 5. The Morgan fingerprint density at radius 1 is 1.06 bits per heavy atom. The number of furan rings is 1. The Balaban J connectivity index is 1.19. The Labute approximate surface area is 182 Å². The molecule has 1 aromatic heterocycles. The van der Waals surface area contributed by atoms with Crippen molar-refractivity contribution in [1.29, 1.82) is 0 Å². The Hall–Kier alpha value is -2.83. The number of morpholine rings is 1. The first-order valence-corrected chi connectivity index (χ1v) is 11.1. The number of anilines is 1.